The molecule has 3 aromatic rings. The Morgan fingerprint density at radius 2 is 1.45 bits per heavy atom. The molecule has 4 heteroatoms. The minimum Gasteiger partial charge on any atom is -0.365 e. The molecular weight excluding hydrogens is 382 g/mol. The van der Waals surface area contributed by atoms with Gasteiger partial charge in [-0.2, -0.15) is 0 Å². The molecule has 4 nitrogen and oxygen atoms in total. The second-order valence-electron chi connectivity index (χ2n) is 8.48. The van der Waals surface area contributed by atoms with Crippen molar-refractivity contribution in [2.45, 2.75) is 39.0 Å². The van der Waals surface area contributed by atoms with Gasteiger partial charge in [-0.1, -0.05) is 78.9 Å². The summed E-state index contributed by atoms with van der Waals surface area (Å²) in [5.41, 5.74) is 4.83. The summed E-state index contributed by atoms with van der Waals surface area (Å²) in [5, 5.41) is 0. The van der Waals surface area contributed by atoms with E-state index in [1.165, 1.54) is 16.8 Å². The lowest BCUT2D eigenvalue weighted by Gasteiger charge is -2.36. The molecule has 0 bridgehead atoms. The molecule has 0 radical (unpaired) electrons. The molecule has 160 valence electrons. The molecule has 31 heavy (non-hydrogen) atoms. The van der Waals surface area contributed by atoms with E-state index in [0.717, 1.165) is 18.7 Å². The van der Waals surface area contributed by atoms with Crippen molar-refractivity contribution in [2.75, 3.05) is 18.5 Å². The van der Waals surface area contributed by atoms with Crippen molar-refractivity contribution in [3.63, 3.8) is 0 Å². The Labute approximate surface area is 185 Å². The lowest BCUT2D eigenvalue weighted by molar-refractivity contribution is 0.125. The third-order valence-electron chi connectivity index (χ3n) is 6.13. The largest absolute Gasteiger partial charge is 0.365 e. The second kappa shape index (κ2) is 9.25. The van der Waals surface area contributed by atoms with Gasteiger partial charge >= 0.3 is 6.03 Å². The number of rotatable bonds is 4. The quantitative estimate of drug-likeness (QED) is 0.548. The Hall–Kier alpha value is -3.27. The Balaban J connectivity index is 1.61. The van der Waals surface area contributed by atoms with Gasteiger partial charge in [0.2, 0.25) is 0 Å². The number of nitrogens with zero attached hydrogens (tertiary/aromatic N) is 3. The van der Waals surface area contributed by atoms with Crippen LogP contribution in [0.25, 0.3) is 0 Å². The summed E-state index contributed by atoms with van der Waals surface area (Å²) in [6.45, 7) is 6.53. The number of anilines is 1. The van der Waals surface area contributed by atoms with Gasteiger partial charge in [0.05, 0.1) is 6.04 Å². The Kier molecular flexibility index (Phi) is 6.26. The first-order valence-corrected chi connectivity index (χ1v) is 11.0. The van der Waals surface area contributed by atoms with Crippen LogP contribution in [-0.4, -0.2) is 35.5 Å². The SMILES string of the molecule is C[C@@H]1CN(Cc2ccccc2)c2ccccc2[C@H](C)N1C(=O)N(C)Cc1ccccc1. The van der Waals surface area contributed by atoms with Gasteiger partial charge in [-0.25, -0.2) is 4.79 Å². The van der Waals surface area contributed by atoms with Crippen molar-refractivity contribution in [1.29, 1.82) is 0 Å². The van der Waals surface area contributed by atoms with Crippen molar-refractivity contribution < 1.29 is 4.79 Å². The first-order chi connectivity index (χ1) is 15.0. The zero-order chi connectivity index (χ0) is 21.8. The molecule has 2 atom stereocenters. The molecule has 4 rings (SSSR count). The van der Waals surface area contributed by atoms with Gasteiger partial charge in [0.1, 0.15) is 0 Å². The van der Waals surface area contributed by atoms with Crippen LogP contribution in [0.15, 0.2) is 84.9 Å². The summed E-state index contributed by atoms with van der Waals surface area (Å²) in [4.78, 5) is 19.9. The topological polar surface area (TPSA) is 26.8 Å². The van der Waals surface area contributed by atoms with E-state index in [4.69, 9.17) is 0 Å². The van der Waals surface area contributed by atoms with Gasteiger partial charge in [0.25, 0.3) is 0 Å². The first kappa shape index (κ1) is 21.0. The molecule has 2 amide bonds. The van der Waals surface area contributed by atoms with Gasteiger partial charge in [-0.15, -0.1) is 0 Å². The van der Waals surface area contributed by atoms with E-state index in [1.54, 1.807) is 0 Å². The highest BCUT2D eigenvalue weighted by atomic mass is 16.2. The third kappa shape index (κ3) is 4.58. The molecule has 0 spiro atoms. The van der Waals surface area contributed by atoms with Gasteiger partial charge in [-0.3, -0.25) is 0 Å². The van der Waals surface area contributed by atoms with E-state index >= 15 is 0 Å². The number of hydrogen-bond acceptors (Lipinski definition) is 2. The average molecular weight is 414 g/mol. The highest BCUT2D eigenvalue weighted by molar-refractivity contribution is 5.76. The predicted molar refractivity (Wildman–Crippen MR) is 127 cm³/mol. The number of fused-ring (bicyclic) bond motifs is 1. The van der Waals surface area contributed by atoms with E-state index < -0.39 is 0 Å². The van der Waals surface area contributed by atoms with Crippen molar-refractivity contribution in [1.82, 2.24) is 9.80 Å². The number of para-hydroxylation sites is 1. The number of urea groups is 1. The zero-order valence-corrected chi connectivity index (χ0v) is 18.6. The van der Waals surface area contributed by atoms with Crippen LogP contribution in [0.5, 0.6) is 0 Å². The van der Waals surface area contributed by atoms with Crippen LogP contribution in [0.4, 0.5) is 10.5 Å². The number of amides is 2. The number of hydrogen-bond donors (Lipinski definition) is 0. The molecule has 0 aromatic heterocycles. The van der Waals surface area contributed by atoms with E-state index in [9.17, 15) is 4.79 Å². The molecule has 3 aromatic carbocycles. The average Bonchev–Trinajstić information content (AvgIpc) is 2.89. The molecule has 0 fully saturated rings. The summed E-state index contributed by atoms with van der Waals surface area (Å²) >= 11 is 0. The fourth-order valence-electron chi connectivity index (χ4n) is 4.60. The van der Waals surface area contributed by atoms with Crippen LogP contribution >= 0.6 is 0 Å². The standard InChI is InChI=1S/C27H31N3O/c1-21-18-29(20-24-14-8-5-9-15-24)26-17-11-10-16-25(26)22(2)30(21)27(31)28(3)19-23-12-6-4-7-13-23/h4-17,21-22H,18-20H2,1-3H3/t21-,22+/m1/s1. The summed E-state index contributed by atoms with van der Waals surface area (Å²) in [6.07, 6.45) is 0. The van der Waals surface area contributed by atoms with Crippen molar-refractivity contribution in [3.05, 3.63) is 102 Å². The van der Waals surface area contributed by atoms with E-state index in [2.05, 4.69) is 79.4 Å². The Bertz CT molecular complexity index is 1010. The van der Waals surface area contributed by atoms with E-state index in [0.29, 0.717) is 6.54 Å². The van der Waals surface area contributed by atoms with Crippen LogP contribution in [0, 0.1) is 0 Å². The van der Waals surface area contributed by atoms with Crippen LogP contribution < -0.4 is 4.90 Å². The molecule has 0 saturated carbocycles. The van der Waals surface area contributed by atoms with Gasteiger partial charge in [0.15, 0.2) is 0 Å². The molecule has 1 aliphatic heterocycles. The Morgan fingerprint density at radius 1 is 0.871 bits per heavy atom. The van der Waals surface area contributed by atoms with Crippen LogP contribution in [0.1, 0.15) is 36.6 Å². The highest BCUT2D eigenvalue weighted by Gasteiger charge is 2.34. The smallest absolute Gasteiger partial charge is 0.320 e. The highest BCUT2D eigenvalue weighted by Crippen LogP contribution is 2.36. The zero-order valence-electron chi connectivity index (χ0n) is 18.6. The molecule has 1 aliphatic rings. The molecule has 0 aliphatic carbocycles. The minimum atomic E-state index is -0.00213. The van der Waals surface area contributed by atoms with E-state index in [-0.39, 0.29) is 18.1 Å². The number of carbonyl (C=O) groups is 1. The van der Waals surface area contributed by atoms with Gasteiger partial charge < -0.3 is 14.7 Å². The Morgan fingerprint density at radius 3 is 2.13 bits per heavy atom. The van der Waals surface area contributed by atoms with Gasteiger partial charge in [0, 0.05) is 38.4 Å². The molecule has 0 N–H and O–H groups in total. The maximum absolute atomic E-state index is 13.6. The van der Waals surface area contributed by atoms with Crippen molar-refractivity contribution >= 4 is 11.7 Å². The van der Waals surface area contributed by atoms with Gasteiger partial charge in [-0.05, 0) is 36.6 Å². The molecule has 1 heterocycles. The molecular formula is C27H31N3O. The molecule has 0 saturated heterocycles. The van der Waals surface area contributed by atoms with Crippen molar-refractivity contribution in [3.8, 4) is 0 Å². The normalized spacial score (nSPS) is 18.3. The molecule has 0 unspecified atom stereocenters. The van der Waals surface area contributed by atoms with E-state index in [1.807, 2.05) is 41.1 Å². The maximum Gasteiger partial charge on any atom is 0.320 e. The van der Waals surface area contributed by atoms with Crippen molar-refractivity contribution in [2.24, 2.45) is 0 Å². The number of carbonyl (C=O) groups excluding carboxylic acids is 1. The van der Waals surface area contributed by atoms with Crippen LogP contribution in [0.3, 0.4) is 0 Å². The fourth-order valence-corrected chi connectivity index (χ4v) is 4.60. The minimum absolute atomic E-state index is 0.00213. The summed E-state index contributed by atoms with van der Waals surface area (Å²) in [6, 6.07) is 29.4. The summed E-state index contributed by atoms with van der Waals surface area (Å²) in [7, 11) is 1.90. The fraction of sp³-hybridized carbons (Fsp3) is 0.296. The first-order valence-electron chi connectivity index (χ1n) is 11.0. The maximum atomic E-state index is 13.6. The summed E-state index contributed by atoms with van der Waals surface area (Å²) < 4.78 is 0. The van der Waals surface area contributed by atoms with Crippen LogP contribution in [0.2, 0.25) is 0 Å². The second-order valence-corrected chi connectivity index (χ2v) is 8.48. The summed E-state index contributed by atoms with van der Waals surface area (Å²) in [5.74, 6) is 0. The lowest BCUT2D eigenvalue weighted by atomic mass is 10.0. The monoisotopic (exact) mass is 413 g/mol. The van der Waals surface area contributed by atoms with Crippen LogP contribution in [-0.2, 0) is 13.1 Å². The lowest BCUT2D eigenvalue weighted by Crippen LogP contribution is -2.48. The predicted octanol–water partition coefficient (Wildman–Crippen LogP) is 5.71. The number of benzene rings is 3. The third-order valence-corrected chi connectivity index (χ3v) is 6.13.